The Kier molecular flexibility index (Phi) is 8.37. The number of carbonyl (C=O) groups excluding carboxylic acids is 4. The lowest BCUT2D eigenvalue weighted by molar-refractivity contribution is -0.119. The standard InChI is InChI=1S/C24H25BO8/c1-16(26)7-5-11-20(27)14-19-13-18-10-6-12-21(22(18)33-25(19)30)24(29)32-15-31-23(28)17-8-3-2-4-9-17/h2-4,6,8-10,12,19,30H,5,7,11,13-15H2,1H3/t19-/m1/s1. The van der Waals surface area contributed by atoms with Crippen molar-refractivity contribution in [1.29, 1.82) is 0 Å². The molecule has 0 unspecified atom stereocenters. The Hall–Kier alpha value is -3.46. The van der Waals surface area contributed by atoms with Gasteiger partial charge in [0.15, 0.2) is 0 Å². The Bertz CT molecular complexity index is 1020. The lowest BCUT2D eigenvalue weighted by atomic mass is 9.64. The van der Waals surface area contributed by atoms with Crippen LogP contribution < -0.4 is 4.65 Å². The Morgan fingerprint density at radius 3 is 2.45 bits per heavy atom. The molecule has 0 spiro atoms. The van der Waals surface area contributed by atoms with Gasteiger partial charge in [-0.05, 0) is 43.5 Å². The van der Waals surface area contributed by atoms with Crippen LogP contribution in [0.4, 0.5) is 0 Å². The molecule has 9 heteroatoms. The van der Waals surface area contributed by atoms with Gasteiger partial charge in [-0.1, -0.05) is 30.3 Å². The van der Waals surface area contributed by atoms with E-state index >= 15 is 0 Å². The molecule has 1 heterocycles. The molecular weight excluding hydrogens is 427 g/mol. The fraction of sp³-hybridized carbons (Fsp3) is 0.333. The number of para-hydroxylation sites is 1. The van der Waals surface area contributed by atoms with Crippen LogP contribution in [0, 0.1) is 0 Å². The summed E-state index contributed by atoms with van der Waals surface area (Å²) in [4.78, 5) is 47.7. The maximum atomic E-state index is 12.5. The molecule has 1 aliphatic heterocycles. The summed E-state index contributed by atoms with van der Waals surface area (Å²) in [7, 11) is -1.26. The topological polar surface area (TPSA) is 116 Å². The molecule has 0 saturated heterocycles. The van der Waals surface area contributed by atoms with Crippen molar-refractivity contribution in [1.82, 2.24) is 0 Å². The highest BCUT2D eigenvalue weighted by Gasteiger charge is 2.37. The molecule has 8 nitrogen and oxygen atoms in total. The Morgan fingerprint density at radius 1 is 1.00 bits per heavy atom. The summed E-state index contributed by atoms with van der Waals surface area (Å²) in [5.74, 6) is -1.68. The van der Waals surface area contributed by atoms with E-state index in [1.807, 2.05) is 0 Å². The molecule has 0 aromatic heterocycles. The summed E-state index contributed by atoms with van der Waals surface area (Å²) in [5.41, 5.74) is 1.09. The van der Waals surface area contributed by atoms with Crippen molar-refractivity contribution in [3.05, 3.63) is 65.2 Å². The lowest BCUT2D eigenvalue weighted by Crippen LogP contribution is -2.36. The first-order valence-electron chi connectivity index (χ1n) is 10.7. The van der Waals surface area contributed by atoms with E-state index in [0.717, 1.165) is 0 Å². The molecule has 0 bridgehead atoms. The zero-order valence-corrected chi connectivity index (χ0v) is 18.3. The van der Waals surface area contributed by atoms with Gasteiger partial charge in [0, 0.05) is 25.1 Å². The van der Waals surface area contributed by atoms with E-state index in [4.69, 9.17) is 14.1 Å². The molecule has 0 radical (unpaired) electrons. The van der Waals surface area contributed by atoms with E-state index < -0.39 is 31.7 Å². The molecule has 0 fully saturated rings. The third kappa shape index (κ3) is 6.76. The number of ketones is 2. The Labute approximate surface area is 192 Å². The van der Waals surface area contributed by atoms with Gasteiger partial charge >= 0.3 is 19.1 Å². The molecular formula is C24H25BO8. The summed E-state index contributed by atoms with van der Waals surface area (Å²) in [5, 5.41) is 10.4. The normalized spacial score (nSPS) is 14.6. The highest BCUT2D eigenvalue weighted by molar-refractivity contribution is 6.47. The van der Waals surface area contributed by atoms with Gasteiger partial charge in [-0.15, -0.1) is 0 Å². The largest absolute Gasteiger partial charge is 0.535 e. The number of benzene rings is 2. The number of esters is 2. The molecule has 0 aliphatic carbocycles. The second-order valence-electron chi connectivity index (χ2n) is 7.91. The highest BCUT2D eigenvalue weighted by Crippen LogP contribution is 2.36. The zero-order valence-electron chi connectivity index (χ0n) is 18.3. The van der Waals surface area contributed by atoms with E-state index in [0.29, 0.717) is 30.4 Å². The van der Waals surface area contributed by atoms with Crippen LogP contribution in [0.1, 0.15) is 58.9 Å². The van der Waals surface area contributed by atoms with Gasteiger partial charge in [0.25, 0.3) is 0 Å². The lowest BCUT2D eigenvalue weighted by Gasteiger charge is -2.28. The number of hydrogen-bond donors (Lipinski definition) is 1. The first kappa shape index (κ1) is 24.2. The number of ether oxygens (including phenoxy) is 2. The van der Waals surface area contributed by atoms with Crippen LogP contribution in [0.5, 0.6) is 5.75 Å². The van der Waals surface area contributed by atoms with E-state index in [1.165, 1.54) is 13.0 Å². The molecule has 3 rings (SSSR count). The summed E-state index contributed by atoms with van der Waals surface area (Å²) < 4.78 is 15.6. The van der Waals surface area contributed by atoms with Crippen LogP contribution >= 0.6 is 0 Å². The summed E-state index contributed by atoms with van der Waals surface area (Å²) in [6.45, 7) is 0.909. The van der Waals surface area contributed by atoms with Gasteiger partial charge in [-0.2, -0.15) is 0 Å². The predicted molar refractivity (Wildman–Crippen MR) is 119 cm³/mol. The van der Waals surface area contributed by atoms with Crippen LogP contribution in [-0.4, -0.2) is 42.4 Å². The molecule has 172 valence electrons. The van der Waals surface area contributed by atoms with Crippen molar-refractivity contribution in [2.75, 3.05) is 6.79 Å². The van der Waals surface area contributed by atoms with Crippen LogP contribution in [-0.2, 0) is 25.5 Å². The van der Waals surface area contributed by atoms with Crippen molar-refractivity contribution in [2.24, 2.45) is 0 Å². The van der Waals surface area contributed by atoms with Gasteiger partial charge < -0.3 is 23.9 Å². The van der Waals surface area contributed by atoms with Crippen LogP contribution in [0.15, 0.2) is 48.5 Å². The highest BCUT2D eigenvalue weighted by atomic mass is 16.7. The Morgan fingerprint density at radius 2 is 1.73 bits per heavy atom. The molecule has 0 saturated carbocycles. The molecule has 2 aromatic carbocycles. The zero-order chi connectivity index (χ0) is 23.8. The van der Waals surface area contributed by atoms with Crippen molar-refractivity contribution >= 4 is 30.6 Å². The van der Waals surface area contributed by atoms with Crippen molar-refractivity contribution < 1.29 is 38.3 Å². The molecule has 1 N–H and O–H groups in total. The first-order valence-corrected chi connectivity index (χ1v) is 10.7. The minimum Gasteiger partial charge on any atom is -0.535 e. The van der Waals surface area contributed by atoms with E-state index in [-0.39, 0.29) is 35.7 Å². The fourth-order valence-electron chi connectivity index (χ4n) is 3.62. The summed E-state index contributed by atoms with van der Waals surface area (Å²) >= 11 is 0. The number of rotatable bonds is 10. The Balaban J connectivity index is 1.57. The number of carbonyl (C=O) groups is 4. The smallest absolute Gasteiger partial charge is 0.526 e. The molecule has 0 amide bonds. The molecule has 1 aliphatic rings. The quantitative estimate of drug-likeness (QED) is 0.332. The predicted octanol–water partition coefficient (Wildman–Crippen LogP) is 3.16. The minimum absolute atomic E-state index is 0.0343. The first-order chi connectivity index (χ1) is 15.8. The maximum Gasteiger partial charge on any atom is 0.526 e. The van der Waals surface area contributed by atoms with Crippen LogP contribution in [0.25, 0.3) is 0 Å². The SMILES string of the molecule is CC(=O)CCCC(=O)C[C@H]1Cc2cccc(C(=O)OCOC(=O)c3ccccc3)c2OB1O. The third-order valence-corrected chi connectivity index (χ3v) is 5.30. The average Bonchev–Trinajstić information content (AvgIpc) is 2.79. The number of hydrogen-bond acceptors (Lipinski definition) is 8. The number of fused-ring (bicyclic) bond motifs is 1. The summed E-state index contributed by atoms with van der Waals surface area (Å²) in [6, 6.07) is 13.2. The van der Waals surface area contributed by atoms with Crippen LogP contribution in [0.3, 0.4) is 0 Å². The number of Topliss-reactive ketones (excluding diaryl/α,β-unsaturated/α-hetero) is 2. The van der Waals surface area contributed by atoms with Gasteiger partial charge in [-0.25, -0.2) is 9.59 Å². The molecule has 2 aromatic rings. The third-order valence-electron chi connectivity index (χ3n) is 5.30. The van der Waals surface area contributed by atoms with E-state index in [9.17, 15) is 24.2 Å². The molecule has 33 heavy (non-hydrogen) atoms. The van der Waals surface area contributed by atoms with Crippen LogP contribution in [0.2, 0.25) is 5.82 Å². The van der Waals surface area contributed by atoms with Gasteiger partial charge in [0.1, 0.15) is 22.9 Å². The maximum absolute atomic E-state index is 12.5. The van der Waals surface area contributed by atoms with E-state index in [2.05, 4.69) is 0 Å². The second-order valence-corrected chi connectivity index (χ2v) is 7.91. The van der Waals surface area contributed by atoms with Gasteiger partial charge in [0.05, 0.1) is 5.56 Å². The molecule has 1 atom stereocenters. The van der Waals surface area contributed by atoms with Gasteiger partial charge in [0.2, 0.25) is 6.79 Å². The van der Waals surface area contributed by atoms with Crippen molar-refractivity contribution in [3.63, 3.8) is 0 Å². The summed E-state index contributed by atoms with van der Waals surface area (Å²) in [6.07, 6.45) is 1.56. The van der Waals surface area contributed by atoms with Crippen molar-refractivity contribution in [3.8, 4) is 5.75 Å². The van der Waals surface area contributed by atoms with Crippen molar-refractivity contribution in [2.45, 2.75) is 44.8 Å². The minimum atomic E-state index is -1.26. The average molecular weight is 452 g/mol. The van der Waals surface area contributed by atoms with E-state index in [1.54, 1.807) is 42.5 Å². The second kappa shape index (κ2) is 11.4. The monoisotopic (exact) mass is 452 g/mol. The van der Waals surface area contributed by atoms with Gasteiger partial charge in [-0.3, -0.25) is 4.79 Å². The fourth-order valence-corrected chi connectivity index (χ4v) is 3.62.